The molecule has 1 heterocycles. The summed E-state index contributed by atoms with van der Waals surface area (Å²) in [5, 5.41) is 3.11. The average Bonchev–Trinajstić information content (AvgIpc) is 2.87. The van der Waals surface area contributed by atoms with Crippen LogP contribution in [0, 0.1) is 0 Å². The van der Waals surface area contributed by atoms with Gasteiger partial charge in [-0.2, -0.15) is 4.57 Å². The molecule has 0 saturated carbocycles. The maximum Gasteiger partial charge on any atom is 0.233 e. The largest absolute Gasteiger partial charge is 0.496 e. The lowest BCUT2D eigenvalue weighted by molar-refractivity contribution is -0.727. The molecule has 0 fully saturated rings. The van der Waals surface area contributed by atoms with E-state index in [4.69, 9.17) is 9.47 Å². The average molecular weight is 470 g/mol. The lowest BCUT2D eigenvalue weighted by Gasteiger charge is -2.14. The molecule has 5 nitrogen and oxygen atoms in total. The van der Waals surface area contributed by atoms with E-state index in [1.807, 2.05) is 53.4 Å². The molecule has 1 unspecified atom stereocenters. The third-order valence-corrected chi connectivity index (χ3v) is 6.19. The number of carbonyl (C=O) groups is 1. The number of rotatable bonds is 18. The van der Waals surface area contributed by atoms with E-state index in [0.717, 1.165) is 24.2 Å². The van der Waals surface area contributed by atoms with E-state index in [-0.39, 0.29) is 18.5 Å². The summed E-state index contributed by atoms with van der Waals surface area (Å²) in [5.74, 6) is 1.46. The number of nitrogens with one attached hydrogen (secondary N) is 1. The van der Waals surface area contributed by atoms with Crippen molar-refractivity contribution in [1.82, 2.24) is 5.32 Å². The number of nitrogens with zero attached hydrogens (tertiary/aromatic N) is 1. The summed E-state index contributed by atoms with van der Waals surface area (Å²) in [6, 6.07) is 11.7. The third-order valence-electron chi connectivity index (χ3n) is 6.19. The Balaban J connectivity index is 1.70. The molecule has 2 aromatic rings. The summed E-state index contributed by atoms with van der Waals surface area (Å²) < 4.78 is 13.5. The number of aromatic nitrogens is 1. The zero-order valence-electron chi connectivity index (χ0n) is 21.6. The van der Waals surface area contributed by atoms with Gasteiger partial charge in [0.15, 0.2) is 12.4 Å². The number of methoxy groups -OCH3 is 1. The standard InChI is InChI=1S/C29H44N2O3/c1-4-6-7-8-9-10-11-12-13-17-22-34-26-19-18-25(27(24-26)33-3)23-29(32)30-28(5-2)31-20-15-14-16-21-31/h14-16,18-21,24,28H,4-13,17,22-23H2,1-3H3/p+1. The zero-order chi connectivity index (χ0) is 24.4. The van der Waals surface area contributed by atoms with Crippen LogP contribution in [0.25, 0.3) is 0 Å². The summed E-state index contributed by atoms with van der Waals surface area (Å²) >= 11 is 0. The molecular formula is C29H45N2O3+. The first-order chi connectivity index (χ1) is 16.7. The SMILES string of the molecule is CCCCCCCCCCCCOc1ccc(CC(=O)NC(CC)[n+]2ccccc2)c(OC)c1. The molecule has 0 saturated heterocycles. The van der Waals surface area contributed by atoms with Crippen LogP contribution in [-0.2, 0) is 11.2 Å². The van der Waals surface area contributed by atoms with E-state index < -0.39 is 0 Å². The van der Waals surface area contributed by atoms with Crippen molar-refractivity contribution in [1.29, 1.82) is 0 Å². The van der Waals surface area contributed by atoms with Gasteiger partial charge in [0.05, 0.1) is 20.1 Å². The van der Waals surface area contributed by atoms with Crippen LogP contribution in [0.3, 0.4) is 0 Å². The van der Waals surface area contributed by atoms with Crippen molar-refractivity contribution in [2.75, 3.05) is 13.7 Å². The van der Waals surface area contributed by atoms with E-state index in [0.29, 0.717) is 12.4 Å². The van der Waals surface area contributed by atoms with E-state index in [9.17, 15) is 4.79 Å². The van der Waals surface area contributed by atoms with Crippen LogP contribution in [0.15, 0.2) is 48.8 Å². The molecule has 0 spiro atoms. The number of hydrogen-bond donors (Lipinski definition) is 1. The minimum absolute atomic E-state index is 0.0273. The molecule has 2 rings (SSSR count). The van der Waals surface area contributed by atoms with Crippen molar-refractivity contribution in [3.8, 4) is 11.5 Å². The summed E-state index contributed by atoms with van der Waals surface area (Å²) in [4.78, 5) is 12.7. The van der Waals surface area contributed by atoms with Crippen molar-refractivity contribution < 1.29 is 18.8 Å². The highest BCUT2D eigenvalue weighted by Gasteiger charge is 2.19. The number of amides is 1. The van der Waals surface area contributed by atoms with E-state index in [2.05, 4.69) is 19.2 Å². The van der Waals surface area contributed by atoms with Gasteiger partial charge in [0.2, 0.25) is 12.1 Å². The Morgan fingerprint density at radius 3 is 2.18 bits per heavy atom. The highest BCUT2D eigenvalue weighted by atomic mass is 16.5. The van der Waals surface area contributed by atoms with Crippen LogP contribution in [-0.4, -0.2) is 19.6 Å². The van der Waals surface area contributed by atoms with Crippen molar-refractivity contribution in [2.24, 2.45) is 0 Å². The number of hydrogen-bond acceptors (Lipinski definition) is 3. The van der Waals surface area contributed by atoms with Gasteiger partial charge >= 0.3 is 0 Å². The van der Waals surface area contributed by atoms with Gasteiger partial charge in [-0.05, 0) is 12.5 Å². The molecule has 0 aliphatic heterocycles. The number of carbonyl (C=O) groups excluding carboxylic acids is 1. The maximum atomic E-state index is 12.7. The summed E-state index contributed by atoms with van der Waals surface area (Å²) in [6.07, 6.45) is 18.1. The Labute approximate surface area is 206 Å². The molecule has 5 heteroatoms. The first-order valence-corrected chi connectivity index (χ1v) is 13.2. The van der Waals surface area contributed by atoms with Gasteiger partial charge in [-0.3, -0.25) is 10.1 Å². The van der Waals surface area contributed by atoms with E-state index in [1.54, 1.807) is 7.11 Å². The number of ether oxygens (including phenoxy) is 2. The lowest BCUT2D eigenvalue weighted by Crippen LogP contribution is -2.49. The van der Waals surface area contributed by atoms with E-state index >= 15 is 0 Å². The first kappa shape index (κ1) is 27.7. The maximum absolute atomic E-state index is 12.7. The number of benzene rings is 1. The summed E-state index contributed by atoms with van der Waals surface area (Å²) in [7, 11) is 1.64. The quantitative estimate of drug-likeness (QED) is 0.199. The second-order valence-corrected chi connectivity index (χ2v) is 9.00. The number of unbranched alkanes of at least 4 members (excludes halogenated alkanes) is 9. The summed E-state index contributed by atoms with van der Waals surface area (Å²) in [6.45, 7) is 5.04. The molecule has 0 aliphatic rings. The smallest absolute Gasteiger partial charge is 0.233 e. The van der Waals surface area contributed by atoms with Crippen molar-refractivity contribution in [3.63, 3.8) is 0 Å². The molecule has 1 aromatic carbocycles. The molecule has 0 bridgehead atoms. The second kappa shape index (κ2) is 17.0. The molecule has 1 aromatic heterocycles. The van der Waals surface area contributed by atoms with Crippen LogP contribution in [0.2, 0.25) is 0 Å². The summed E-state index contributed by atoms with van der Waals surface area (Å²) in [5.41, 5.74) is 0.860. The lowest BCUT2D eigenvalue weighted by atomic mass is 10.1. The normalized spacial score (nSPS) is 11.7. The zero-order valence-corrected chi connectivity index (χ0v) is 21.6. The fourth-order valence-corrected chi connectivity index (χ4v) is 4.16. The predicted octanol–water partition coefficient (Wildman–Crippen LogP) is 6.55. The van der Waals surface area contributed by atoms with Crippen molar-refractivity contribution >= 4 is 5.91 Å². The Morgan fingerprint density at radius 1 is 0.912 bits per heavy atom. The molecule has 1 amide bonds. The van der Waals surface area contributed by atoms with Crippen LogP contribution in [0.5, 0.6) is 11.5 Å². The van der Waals surface area contributed by atoms with Gasteiger partial charge in [0.25, 0.3) is 0 Å². The first-order valence-electron chi connectivity index (χ1n) is 13.2. The van der Waals surface area contributed by atoms with Gasteiger partial charge in [-0.25, -0.2) is 0 Å². The van der Waals surface area contributed by atoms with Crippen LogP contribution >= 0.6 is 0 Å². The molecular weight excluding hydrogens is 424 g/mol. The Bertz CT molecular complexity index is 810. The van der Waals surface area contributed by atoms with Crippen LogP contribution < -0.4 is 19.4 Å². The highest BCUT2D eigenvalue weighted by molar-refractivity contribution is 5.79. The van der Waals surface area contributed by atoms with Gasteiger partial charge in [0.1, 0.15) is 11.5 Å². The molecule has 188 valence electrons. The minimum Gasteiger partial charge on any atom is -0.496 e. The second-order valence-electron chi connectivity index (χ2n) is 9.00. The molecule has 0 radical (unpaired) electrons. The molecule has 34 heavy (non-hydrogen) atoms. The topological polar surface area (TPSA) is 51.4 Å². The predicted molar refractivity (Wildman–Crippen MR) is 138 cm³/mol. The van der Waals surface area contributed by atoms with Crippen molar-refractivity contribution in [3.05, 3.63) is 54.4 Å². The van der Waals surface area contributed by atoms with E-state index in [1.165, 1.54) is 57.8 Å². The third kappa shape index (κ3) is 10.6. The van der Waals surface area contributed by atoms with Gasteiger partial charge < -0.3 is 9.47 Å². The van der Waals surface area contributed by atoms with Crippen molar-refractivity contribution in [2.45, 2.75) is 97.1 Å². The van der Waals surface area contributed by atoms with Gasteiger partial charge in [0, 0.05) is 30.2 Å². The molecule has 0 aliphatic carbocycles. The Kier molecular flexibility index (Phi) is 13.8. The fraction of sp³-hybridized carbons (Fsp3) is 0.586. The minimum atomic E-state index is -0.0663. The fourth-order valence-electron chi connectivity index (χ4n) is 4.16. The van der Waals surface area contributed by atoms with Crippen LogP contribution in [0.4, 0.5) is 0 Å². The van der Waals surface area contributed by atoms with Crippen LogP contribution in [0.1, 0.15) is 96.2 Å². The Morgan fingerprint density at radius 2 is 1.56 bits per heavy atom. The number of pyridine rings is 1. The van der Waals surface area contributed by atoms with Gasteiger partial charge in [-0.15, -0.1) is 0 Å². The Hall–Kier alpha value is -2.56. The molecule has 1 atom stereocenters. The molecule has 1 N–H and O–H groups in total. The van der Waals surface area contributed by atoms with Gasteiger partial charge in [-0.1, -0.05) is 83.8 Å². The highest BCUT2D eigenvalue weighted by Crippen LogP contribution is 2.25. The monoisotopic (exact) mass is 469 g/mol.